The molecular formula is C29H32ClN7O. The van der Waals surface area contributed by atoms with E-state index >= 15 is 0 Å². The molecule has 5 heterocycles. The van der Waals surface area contributed by atoms with Crippen molar-refractivity contribution in [1.82, 2.24) is 24.4 Å². The SMILES string of the molecule is C[C@@H]1Cn2cncc2CN1c1nc(OC[C@H]2CCN2C)nc2c1CCN(c1cccc3cccc(Cl)c13)C2. The van der Waals surface area contributed by atoms with Gasteiger partial charge in [-0.05, 0) is 50.9 Å². The Bertz CT molecular complexity index is 1500. The van der Waals surface area contributed by atoms with E-state index in [-0.39, 0.29) is 6.04 Å². The van der Waals surface area contributed by atoms with E-state index < -0.39 is 0 Å². The van der Waals surface area contributed by atoms with Crippen molar-refractivity contribution in [1.29, 1.82) is 0 Å². The van der Waals surface area contributed by atoms with Crippen molar-refractivity contribution in [3.63, 3.8) is 0 Å². The highest BCUT2D eigenvalue weighted by atomic mass is 35.5. The highest BCUT2D eigenvalue weighted by molar-refractivity contribution is 6.36. The highest BCUT2D eigenvalue weighted by Crippen LogP contribution is 2.38. The normalized spacial score (nSPS) is 21.2. The van der Waals surface area contributed by atoms with Crippen LogP contribution >= 0.6 is 11.6 Å². The summed E-state index contributed by atoms with van der Waals surface area (Å²) < 4.78 is 8.49. The monoisotopic (exact) mass is 529 g/mol. The number of benzene rings is 2. The van der Waals surface area contributed by atoms with Crippen molar-refractivity contribution in [3.8, 4) is 6.01 Å². The third kappa shape index (κ3) is 4.07. The first kappa shape index (κ1) is 23.7. The predicted octanol–water partition coefficient (Wildman–Crippen LogP) is 4.53. The summed E-state index contributed by atoms with van der Waals surface area (Å²) in [4.78, 5) is 21.5. The molecule has 2 atom stereocenters. The fourth-order valence-electron chi connectivity index (χ4n) is 6.03. The number of aromatic nitrogens is 4. The van der Waals surface area contributed by atoms with Gasteiger partial charge in [0.1, 0.15) is 12.4 Å². The van der Waals surface area contributed by atoms with Crippen LogP contribution in [-0.2, 0) is 26.1 Å². The van der Waals surface area contributed by atoms with Crippen LogP contribution in [0.15, 0.2) is 48.9 Å². The van der Waals surface area contributed by atoms with Crippen molar-refractivity contribution < 1.29 is 4.74 Å². The number of nitrogens with zero attached hydrogens (tertiary/aromatic N) is 7. The van der Waals surface area contributed by atoms with E-state index in [1.165, 1.54) is 11.3 Å². The van der Waals surface area contributed by atoms with Gasteiger partial charge < -0.3 is 19.1 Å². The molecule has 3 aliphatic heterocycles. The Morgan fingerprint density at radius 1 is 1.08 bits per heavy atom. The number of fused-ring (bicyclic) bond motifs is 3. The Morgan fingerprint density at radius 3 is 2.76 bits per heavy atom. The van der Waals surface area contributed by atoms with Gasteiger partial charge in [-0.1, -0.05) is 35.9 Å². The Morgan fingerprint density at radius 2 is 1.95 bits per heavy atom. The van der Waals surface area contributed by atoms with Crippen molar-refractivity contribution >= 4 is 33.9 Å². The minimum absolute atomic E-state index is 0.288. The maximum atomic E-state index is 6.69. The van der Waals surface area contributed by atoms with Crippen molar-refractivity contribution in [2.75, 3.05) is 36.5 Å². The molecule has 0 bridgehead atoms. The molecule has 7 rings (SSSR count). The Labute approximate surface area is 227 Å². The zero-order valence-corrected chi connectivity index (χ0v) is 22.6. The van der Waals surface area contributed by atoms with Gasteiger partial charge >= 0.3 is 6.01 Å². The van der Waals surface area contributed by atoms with E-state index in [1.54, 1.807) is 0 Å². The van der Waals surface area contributed by atoms with Crippen LogP contribution in [-0.4, -0.2) is 63.2 Å². The Kier molecular flexibility index (Phi) is 5.89. The first-order chi connectivity index (χ1) is 18.5. The average Bonchev–Trinajstić information content (AvgIpc) is 3.38. The molecule has 2 aromatic carbocycles. The van der Waals surface area contributed by atoms with Gasteiger partial charge in [0.2, 0.25) is 0 Å². The summed E-state index contributed by atoms with van der Waals surface area (Å²) in [5.74, 6) is 1.00. The number of halogens is 1. The lowest BCUT2D eigenvalue weighted by molar-refractivity contribution is 0.0729. The Hall–Kier alpha value is -3.36. The third-order valence-electron chi connectivity index (χ3n) is 8.43. The number of imidazole rings is 1. The standard InChI is InChI=1S/C29H32ClN7O/c1-19-14-36-18-31-13-22(36)15-37(19)28-23-10-12-35(26-8-4-6-20-5-3-7-24(30)27(20)26)16-25(23)32-29(33-28)38-17-21-9-11-34(21)2/h3-8,13,18-19,21H,9-12,14-17H2,1-2H3/t19-,21-/m1/s1. The molecule has 0 unspecified atom stereocenters. The Balaban J connectivity index is 1.26. The molecule has 0 N–H and O–H groups in total. The van der Waals surface area contributed by atoms with Crippen LogP contribution in [0.2, 0.25) is 5.02 Å². The molecule has 0 amide bonds. The maximum absolute atomic E-state index is 6.69. The van der Waals surface area contributed by atoms with Gasteiger partial charge in [0.15, 0.2) is 0 Å². The summed E-state index contributed by atoms with van der Waals surface area (Å²) in [6.07, 6.45) is 5.90. The topological polar surface area (TPSA) is 62.6 Å². The molecule has 0 aliphatic carbocycles. The van der Waals surface area contributed by atoms with Crippen LogP contribution < -0.4 is 14.5 Å². The molecule has 196 valence electrons. The zero-order valence-electron chi connectivity index (χ0n) is 21.8. The van der Waals surface area contributed by atoms with Gasteiger partial charge in [-0.2, -0.15) is 9.97 Å². The van der Waals surface area contributed by atoms with E-state index in [4.69, 9.17) is 26.3 Å². The summed E-state index contributed by atoms with van der Waals surface area (Å²) in [7, 11) is 2.14. The van der Waals surface area contributed by atoms with Crippen molar-refractivity contribution in [3.05, 3.63) is 70.9 Å². The molecule has 9 heteroatoms. The number of hydrogen-bond acceptors (Lipinski definition) is 7. The maximum Gasteiger partial charge on any atom is 0.318 e. The molecule has 38 heavy (non-hydrogen) atoms. The molecule has 1 fully saturated rings. The van der Waals surface area contributed by atoms with Crippen LogP contribution in [0.4, 0.5) is 11.5 Å². The van der Waals surface area contributed by atoms with Gasteiger partial charge in [-0.3, -0.25) is 4.90 Å². The molecular weight excluding hydrogens is 498 g/mol. The number of rotatable bonds is 5. The first-order valence-electron chi connectivity index (χ1n) is 13.5. The van der Waals surface area contributed by atoms with Crippen LogP contribution in [0.3, 0.4) is 0 Å². The van der Waals surface area contributed by atoms with E-state index in [0.717, 1.165) is 72.0 Å². The quantitative estimate of drug-likeness (QED) is 0.376. The van der Waals surface area contributed by atoms with Crippen LogP contribution in [0.25, 0.3) is 10.8 Å². The van der Waals surface area contributed by atoms with E-state index in [2.05, 4.69) is 62.5 Å². The second-order valence-electron chi connectivity index (χ2n) is 10.8. The van der Waals surface area contributed by atoms with Crippen LogP contribution in [0, 0.1) is 0 Å². The molecule has 2 aromatic heterocycles. The molecule has 4 aromatic rings. The van der Waals surface area contributed by atoms with Crippen LogP contribution in [0.1, 0.15) is 30.3 Å². The van der Waals surface area contributed by atoms with E-state index in [0.29, 0.717) is 25.2 Å². The fourth-order valence-corrected chi connectivity index (χ4v) is 6.31. The van der Waals surface area contributed by atoms with Crippen molar-refractivity contribution in [2.24, 2.45) is 0 Å². The summed E-state index contributed by atoms with van der Waals surface area (Å²) in [5.41, 5.74) is 4.61. The van der Waals surface area contributed by atoms with Gasteiger partial charge in [0.25, 0.3) is 0 Å². The molecule has 0 spiro atoms. The van der Waals surface area contributed by atoms with Crippen molar-refractivity contribution in [2.45, 2.75) is 51.5 Å². The minimum Gasteiger partial charge on any atom is -0.462 e. The lowest BCUT2D eigenvalue weighted by Gasteiger charge is -2.39. The summed E-state index contributed by atoms with van der Waals surface area (Å²) >= 11 is 6.69. The van der Waals surface area contributed by atoms with Gasteiger partial charge in [-0.15, -0.1) is 0 Å². The zero-order chi connectivity index (χ0) is 25.8. The second kappa shape index (κ2) is 9.43. The smallest absolute Gasteiger partial charge is 0.318 e. The number of ether oxygens (including phenoxy) is 1. The molecule has 3 aliphatic rings. The minimum atomic E-state index is 0.288. The highest BCUT2D eigenvalue weighted by Gasteiger charge is 2.32. The second-order valence-corrected chi connectivity index (χ2v) is 11.2. The number of likely N-dealkylation sites (N-methyl/N-ethyl adjacent to an activating group) is 1. The lowest BCUT2D eigenvalue weighted by atomic mass is 10.0. The van der Waals surface area contributed by atoms with Gasteiger partial charge in [-0.25, -0.2) is 4.98 Å². The fraction of sp³-hybridized carbons (Fsp3) is 0.414. The average molecular weight is 530 g/mol. The number of anilines is 2. The van der Waals surface area contributed by atoms with Crippen LogP contribution in [0.5, 0.6) is 6.01 Å². The number of likely N-dealkylation sites (tertiary alicyclic amines) is 1. The third-order valence-corrected chi connectivity index (χ3v) is 8.75. The molecule has 0 saturated carbocycles. The largest absolute Gasteiger partial charge is 0.462 e. The summed E-state index contributed by atoms with van der Waals surface area (Å²) in [6, 6.07) is 13.7. The molecule has 1 saturated heterocycles. The predicted molar refractivity (Wildman–Crippen MR) is 150 cm³/mol. The number of hydrogen-bond donors (Lipinski definition) is 0. The lowest BCUT2D eigenvalue weighted by Crippen LogP contribution is -2.48. The molecule has 8 nitrogen and oxygen atoms in total. The van der Waals surface area contributed by atoms with E-state index in [1.807, 2.05) is 24.7 Å². The first-order valence-corrected chi connectivity index (χ1v) is 13.8. The summed E-state index contributed by atoms with van der Waals surface area (Å²) in [5, 5.41) is 3.02. The van der Waals surface area contributed by atoms with E-state index in [9.17, 15) is 0 Å². The van der Waals surface area contributed by atoms with Gasteiger partial charge in [0.05, 0.1) is 35.8 Å². The summed E-state index contributed by atoms with van der Waals surface area (Å²) in [6.45, 7) is 7.21. The van der Waals surface area contributed by atoms with Gasteiger partial charge in [0, 0.05) is 48.0 Å². The molecule has 0 radical (unpaired) electrons.